The van der Waals surface area contributed by atoms with E-state index in [1.807, 2.05) is 0 Å². The minimum Gasteiger partial charge on any atom is -0.378 e. The number of rotatable bonds is 2. The van der Waals surface area contributed by atoms with Crippen molar-refractivity contribution in [2.75, 3.05) is 6.61 Å². The second-order valence-electron chi connectivity index (χ2n) is 3.70. The summed E-state index contributed by atoms with van der Waals surface area (Å²) in [4.78, 5) is 18.2. The van der Waals surface area contributed by atoms with Crippen molar-refractivity contribution in [3.63, 3.8) is 0 Å². The Labute approximate surface area is 96.2 Å². The van der Waals surface area contributed by atoms with E-state index in [4.69, 9.17) is 4.74 Å². The standard InChI is InChI=1S/C10H13BrN2O2/c11-8-6-12-9(13-10(8)14)5-7-3-1-2-4-15-7/h6-7H,1-5H2,(H,12,13,14). The van der Waals surface area contributed by atoms with Crippen LogP contribution in [0.5, 0.6) is 0 Å². The van der Waals surface area contributed by atoms with E-state index in [1.54, 1.807) is 0 Å². The van der Waals surface area contributed by atoms with E-state index in [-0.39, 0.29) is 11.7 Å². The molecule has 2 heterocycles. The third-order valence-corrected chi connectivity index (χ3v) is 3.07. The van der Waals surface area contributed by atoms with Gasteiger partial charge in [0.2, 0.25) is 0 Å². The van der Waals surface area contributed by atoms with E-state index in [0.717, 1.165) is 19.4 Å². The van der Waals surface area contributed by atoms with Crippen LogP contribution >= 0.6 is 15.9 Å². The van der Waals surface area contributed by atoms with Crippen molar-refractivity contribution in [3.8, 4) is 0 Å². The summed E-state index contributed by atoms with van der Waals surface area (Å²) in [7, 11) is 0. The Kier molecular flexibility index (Phi) is 3.53. The number of halogens is 1. The van der Waals surface area contributed by atoms with Crippen LogP contribution in [0, 0.1) is 0 Å². The van der Waals surface area contributed by atoms with E-state index in [2.05, 4.69) is 25.9 Å². The monoisotopic (exact) mass is 272 g/mol. The lowest BCUT2D eigenvalue weighted by atomic mass is 10.1. The maximum Gasteiger partial charge on any atom is 0.265 e. The Morgan fingerprint density at radius 2 is 2.47 bits per heavy atom. The SMILES string of the molecule is O=c1[nH]c(CC2CCCCO2)ncc1Br. The van der Waals surface area contributed by atoms with E-state index < -0.39 is 0 Å². The van der Waals surface area contributed by atoms with Crippen molar-refractivity contribution >= 4 is 15.9 Å². The molecule has 0 saturated carbocycles. The highest BCUT2D eigenvalue weighted by atomic mass is 79.9. The molecule has 82 valence electrons. The summed E-state index contributed by atoms with van der Waals surface area (Å²) < 4.78 is 6.05. The Morgan fingerprint density at radius 3 is 3.13 bits per heavy atom. The maximum atomic E-state index is 11.3. The summed E-state index contributed by atoms with van der Waals surface area (Å²) in [5.74, 6) is 0.704. The number of aromatic nitrogens is 2. The fraction of sp³-hybridized carbons (Fsp3) is 0.600. The number of H-pyrrole nitrogens is 1. The molecule has 1 N–H and O–H groups in total. The van der Waals surface area contributed by atoms with Gasteiger partial charge in [-0.25, -0.2) is 4.98 Å². The van der Waals surface area contributed by atoms with Crippen LogP contribution in [0.15, 0.2) is 15.5 Å². The number of nitrogens with zero attached hydrogens (tertiary/aromatic N) is 1. The first-order chi connectivity index (χ1) is 7.25. The van der Waals surface area contributed by atoms with Crippen molar-refractivity contribution in [1.82, 2.24) is 9.97 Å². The van der Waals surface area contributed by atoms with Gasteiger partial charge in [0.05, 0.1) is 6.10 Å². The normalized spacial score (nSPS) is 21.5. The molecule has 1 aliphatic heterocycles. The van der Waals surface area contributed by atoms with Gasteiger partial charge in [0.1, 0.15) is 10.3 Å². The average Bonchev–Trinajstić information content (AvgIpc) is 2.25. The lowest BCUT2D eigenvalue weighted by molar-refractivity contribution is 0.0156. The average molecular weight is 273 g/mol. The lowest BCUT2D eigenvalue weighted by Crippen LogP contribution is -2.24. The van der Waals surface area contributed by atoms with Gasteiger partial charge in [-0.2, -0.15) is 0 Å². The van der Waals surface area contributed by atoms with Gasteiger partial charge in [0.25, 0.3) is 5.56 Å². The predicted molar refractivity (Wildman–Crippen MR) is 59.9 cm³/mol. The molecular formula is C10H13BrN2O2. The van der Waals surface area contributed by atoms with Crippen molar-refractivity contribution < 1.29 is 4.74 Å². The van der Waals surface area contributed by atoms with Crippen LogP contribution in [-0.2, 0) is 11.2 Å². The fourth-order valence-electron chi connectivity index (χ4n) is 1.70. The lowest BCUT2D eigenvalue weighted by Gasteiger charge is -2.21. The molecule has 15 heavy (non-hydrogen) atoms. The molecule has 1 atom stereocenters. The zero-order valence-corrected chi connectivity index (χ0v) is 9.92. The van der Waals surface area contributed by atoms with Crippen molar-refractivity contribution in [3.05, 3.63) is 26.8 Å². The molecule has 1 saturated heterocycles. The summed E-state index contributed by atoms with van der Waals surface area (Å²) in [5.41, 5.74) is -0.129. The summed E-state index contributed by atoms with van der Waals surface area (Å²) in [6.45, 7) is 0.825. The molecule has 1 unspecified atom stereocenters. The van der Waals surface area contributed by atoms with E-state index in [9.17, 15) is 4.79 Å². The molecule has 0 aliphatic carbocycles. The van der Waals surface area contributed by atoms with E-state index >= 15 is 0 Å². The van der Waals surface area contributed by atoms with Gasteiger partial charge in [-0.05, 0) is 35.2 Å². The maximum absolute atomic E-state index is 11.3. The highest BCUT2D eigenvalue weighted by Crippen LogP contribution is 2.15. The van der Waals surface area contributed by atoms with Crippen LogP contribution in [-0.4, -0.2) is 22.7 Å². The number of nitrogens with one attached hydrogen (secondary N) is 1. The summed E-state index contributed by atoms with van der Waals surface area (Å²) >= 11 is 3.12. The Balaban J connectivity index is 2.03. The predicted octanol–water partition coefficient (Wildman–Crippen LogP) is 1.64. The molecule has 1 aromatic rings. The molecule has 0 radical (unpaired) electrons. The second-order valence-corrected chi connectivity index (χ2v) is 4.55. The molecule has 0 bridgehead atoms. The largest absolute Gasteiger partial charge is 0.378 e. The minimum atomic E-state index is -0.129. The van der Waals surface area contributed by atoms with Gasteiger partial charge in [-0.1, -0.05) is 0 Å². The Morgan fingerprint density at radius 1 is 1.60 bits per heavy atom. The van der Waals surface area contributed by atoms with Crippen LogP contribution < -0.4 is 5.56 Å². The number of hydrogen-bond donors (Lipinski definition) is 1. The van der Waals surface area contributed by atoms with Gasteiger partial charge in [-0.3, -0.25) is 4.79 Å². The van der Waals surface area contributed by atoms with Crippen LogP contribution in [0.2, 0.25) is 0 Å². The van der Waals surface area contributed by atoms with E-state index in [0.29, 0.717) is 16.7 Å². The zero-order valence-electron chi connectivity index (χ0n) is 8.33. The molecule has 1 aliphatic rings. The van der Waals surface area contributed by atoms with Gasteiger partial charge >= 0.3 is 0 Å². The van der Waals surface area contributed by atoms with Gasteiger partial charge in [-0.15, -0.1) is 0 Å². The van der Waals surface area contributed by atoms with Crippen LogP contribution in [0.25, 0.3) is 0 Å². The molecule has 5 heteroatoms. The first-order valence-corrected chi connectivity index (χ1v) is 5.90. The molecule has 0 aromatic carbocycles. The Bertz CT molecular complexity index is 385. The van der Waals surface area contributed by atoms with Crippen LogP contribution in [0.4, 0.5) is 0 Å². The molecule has 0 amide bonds. The summed E-state index contributed by atoms with van der Waals surface area (Å²) in [6, 6.07) is 0. The van der Waals surface area contributed by atoms with Crippen LogP contribution in [0.3, 0.4) is 0 Å². The molecule has 4 nitrogen and oxygen atoms in total. The van der Waals surface area contributed by atoms with Gasteiger partial charge in [0, 0.05) is 19.2 Å². The van der Waals surface area contributed by atoms with Gasteiger partial charge < -0.3 is 9.72 Å². The van der Waals surface area contributed by atoms with Gasteiger partial charge in [0.15, 0.2) is 0 Å². The minimum absolute atomic E-state index is 0.129. The fourth-order valence-corrected chi connectivity index (χ4v) is 1.91. The van der Waals surface area contributed by atoms with Crippen molar-refractivity contribution in [2.45, 2.75) is 31.8 Å². The molecular weight excluding hydrogens is 260 g/mol. The zero-order chi connectivity index (χ0) is 10.7. The second kappa shape index (κ2) is 4.90. The highest BCUT2D eigenvalue weighted by Gasteiger charge is 2.15. The molecule has 1 aromatic heterocycles. The van der Waals surface area contributed by atoms with E-state index in [1.165, 1.54) is 12.6 Å². The first-order valence-electron chi connectivity index (χ1n) is 5.11. The third-order valence-electron chi connectivity index (χ3n) is 2.50. The summed E-state index contributed by atoms with van der Waals surface area (Å²) in [5, 5.41) is 0. The van der Waals surface area contributed by atoms with Crippen LogP contribution in [0.1, 0.15) is 25.1 Å². The number of hydrogen-bond acceptors (Lipinski definition) is 3. The molecule has 1 fully saturated rings. The first kappa shape index (κ1) is 10.8. The van der Waals surface area contributed by atoms with Crippen molar-refractivity contribution in [1.29, 1.82) is 0 Å². The third kappa shape index (κ3) is 2.89. The Hall–Kier alpha value is -0.680. The topological polar surface area (TPSA) is 55.0 Å². The number of aromatic amines is 1. The summed E-state index contributed by atoms with van der Waals surface area (Å²) in [6.07, 6.45) is 5.84. The molecule has 0 spiro atoms. The highest BCUT2D eigenvalue weighted by molar-refractivity contribution is 9.10. The quantitative estimate of drug-likeness (QED) is 0.891. The molecule has 2 rings (SSSR count). The van der Waals surface area contributed by atoms with Crippen molar-refractivity contribution in [2.24, 2.45) is 0 Å². The smallest absolute Gasteiger partial charge is 0.265 e. The number of ether oxygens (including phenoxy) is 1.